The van der Waals surface area contributed by atoms with Crippen LogP contribution in [-0.4, -0.2) is 18.9 Å². The van der Waals surface area contributed by atoms with Crippen molar-refractivity contribution < 1.29 is 14.3 Å². The van der Waals surface area contributed by atoms with Crippen LogP contribution in [0.4, 0.5) is 0 Å². The maximum atomic E-state index is 11.7. The van der Waals surface area contributed by atoms with E-state index in [0.29, 0.717) is 25.0 Å². The first kappa shape index (κ1) is 13.7. The number of carbonyl (C=O) groups excluding carboxylic acids is 2. The van der Waals surface area contributed by atoms with Crippen molar-refractivity contribution in [3.63, 3.8) is 0 Å². The summed E-state index contributed by atoms with van der Waals surface area (Å²) >= 11 is 5.86. The molecule has 17 heavy (non-hydrogen) atoms. The zero-order valence-electron chi connectivity index (χ0n) is 9.74. The Balaban J connectivity index is 3.04. The van der Waals surface area contributed by atoms with Crippen molar-refractivity contribution in [2.45, 2.75) is 25.6 Å². The average Bonchev–Trinajstić information content (AvgIpc) is 2.36. The van der Waals surface area contributed by atoms with Crippen molar-refractivity contribution in [1.29, 1.82) is 0 Å². The summed E-state index contributed by atoms with van der Waals surface area (Å²) in [7, 11) is 0. The van der Waals surface area contributed by atoms with Gasteiger partial charge in [-0.05, 0) is 30.5 Å². The molecular formula is C13H15ClO3. The topological polar surface area (TPSA) is 43.4 Å². The molecule has 0 aromatic heterocycles. The smallest absolute Gasteiger partial charge is 0.338 e. The molecule has 0 aliphatic carbocycles. The normalized spacial score (nSPS) is 10.0. The van der Waals surface area contributed by atoms with Crippen LogP contribution in [0.5, 0.6) is 0 Å². The quantitative estimate of drug-likeness (QED) is 0.445. The van der Waals surface area contributed by atoms with Gasteiger partial charge >= 0.3 is 5.97 Å². The molecule has 0 saturated heterocycles. The summed E-state index contributed by atoms with van der Waals surface area (Å²) in [6.45, 7) is 2.09. The van der Waals surface area contributed by atoms with Gasteiger partial charge in [-0.2, -0.15) is 0 Å². The second-order valence-electron chi connectivity index (χ2n) is 3.50. The zero-order chi connectivity index (χ0) is 12.7. The van der Waals surface area contributed by atoms with Crippen LogP contribution in [0.2, 0.25) is 0 Å². The first-order chi connectivity index (χ1) is 8.24. The number of aldehydes is 1. The van der Waals surface area contributed by atoms with Gasteiger partial charge in [0.2, 0.25) is 0 Å². The van der Waals surface area contributed by atoms with Gasteiger partial charge in [0.1, 0.15) is 6.29 Å². The molecule has 4 heteroatoms. The molecular weight excluding hydrogens is 240 g/mol. The third-order valence-electron chi connectivity index (χ3n) is 2.43. The van der Waals surface area contributed by atoms with Gasteiger partial charge in [0.25, 0.3) is 0 Å². The summed E-state index contributed by atoms with van der Waals surface area (Å²) in [5.74, 6) is -0.125. The highest BCUT2D eigenvalue weighted by molar-refractivity contribution is 6.17. The molecule has 0 spiro atoms. The lowest BCUT2D eigenvalue weighted by Crippen LogP contribution is -2.09. The molecule has 0 atom stereocenters. The van der Waals surface area contributed by atoms with Crippen molar-refractivity contribution in [3.8, 4) is 0 Å². The number of rotatable bonds is 6. The molecule has 0 heterocycles. The van der Waals surface area contributed by atoms with E-state index in [2.05, 4.69) is 0 Å². The molecule has 0 bridgehead atoms. The highest BCUT2D eigenvalue weighted by Crippen LogP contribution is 2.19. The second-order valence-corrected chi connectivity index (χ2v) is 3.77. The molecule has 3 nitrogen and oxygen atoms in total. The van der Waals surface area contributed by atoms with Crippen LogP contribution in [0.15, 0.2) is 18.2 Å². The maximum Gasteiger partial charge on any atom is 0.338 e. The molecule has 0 aliphatic rings. The van der Waals surface area contributed by atoms with Gasteiger partial charge in [-0.3, -0.25) is 0 Å². The van der Waals surface area contributed by atoms with Crippen molar-refractivity contribution in [3.05, 3.63) is 34.9 Å². The van der Waals surface area contributed by atoms with Crippen LogP contribution in [0.3, 0.4) is 0 Å². The number of aryl methyl sites for hydroxylation is 1. The number of halogens is 1. The lowest BCUT2D eigenvalue weighted by molar-refractivity contribution is -0.107. The van der Waals surface area contributed by atoms with Crippen LogP contribution in [0, 0.1) is 0 Å². The summed E-state index contributed by atoms with van der Waals surface area (Å²) in [5.41, 5.74) is 2.18. The molecule has 1 aromatic carbocycles. The van der Waals surface area contributed by atoms with Crippen molar-refractivity contribution >= 4 is 23.9 Å². The Morgan fingerprint density at radius 2 is 2.24 bits per heavy atom. The van der Waals surface area contributed by atoms with Crippen LogP contribution < -0.4 is 0 Å². The average molecular weight is 255 g/mol. The predicted octanol–water partition coefficient (Wildman–Crippen LogP) is 2.73. The van der Waals surface area contributed by atoms with Gasteiger partial charge in [-0.25, -0.2) is 4.79 Å². The second kappa shape index (κ2) is 7.07. The molecule has 1 aromatic rings. The molecule has 0 fully saturated rings. The van der Waals surface area contributed by atoms with Crippen LogP contribution >= 0.6 is 11.6 Å². The maximum absolute atomic E-state index is 11.7. The van der Waals surface area contributed by atoms with E-state index in [-0.39, 0.29) is 11.8 Å². The van der Waals surface area contributed by atoms with Gasteiger partial charge in [0.15, 0.2) is 0 Å². The molecule has 0 amide bonds. The fraction of sp³-hybridized carbons (Fsp3) is 0.385. The minimum atomic E-state index is -0.365. The standard InChI is InChI=1S/C13H15ClO3/c1-2-17-13(16)11-7-3-5-10(6-4-8-15)12(11)9-14/h3,5,7-8H,2,4,6,9H2,1H3. The van der Waals surface area contributed by atoms with Gasteiger partial charge < -0.3 is 9.53 Å². The number of benzene rings is 1. The predicted molar refractivity (Wildman–Crippen MR) is 66.3 cm³/mol. The fourth-order valence-electron chi connectivity index (χ4n) is 1.64. The van der Waals surface area contributed by atoms with Crippen molar-refractivity contribution in [2.24, 2.45) is 0 Å². The number of ether oxygens (including phenoxy) is 1. The van der Waals surface area contributed by atoms with E-state index in [1.165, 1.54) is 0 Å². The van der Waals surface area contributed by atoms with Crippen LogP contribution in [0.25, 0.3) is 0 Å². The van der Waals surface area contributed by atoms with E-state index < -0.39 is 0 Å². The van der Waals surface area contributed by atoms with Crippen LogP contribution in [-0.2, 0) is 21.8 Å². The van der Waals surface area contributed by atoms with Gasteiger partial charge in [-0.15, -0.1) is 11.6 Å². The number of alkyl halides is 1. The summed E-state index contributed by atoms with van der Waals surface area (Å²) in [5, 5.41) is 0. The van der Waals surface area contributed by atoms with E-state index in [4.69, 9.17) is 16.3 Å². The Bertz CT molecular complexity index is 402. The minimum Gasteiger partial charge on any atom is -0.462 e. The first-order valence-corrected chi connectivity index (χ1v) is 6.05. The molecule has 0 radical (unpaired) electrons. The summed E-state index contributed by atoms with van der Waals surface area (Å²) in [4.78, 5) is 22.1. The summed E-state index contributed by atoms with van der Waals surface area (Å²) < 4.78 is 4.96. The Morgan fingerprint density at radius 1 is 1.47 bits per heavy atom. The van der Waals surface area contributed by atoms with Gasteiger partial charge in [0.05, 0.1) is 12.2 Å². The van der Waals surface area contributed by atoms with Gasteiger partial charge in [-0.1, -0.05) is 12.1 Å². The third kappa shape index (κ3) is 3.56. The fourth-order valence-corrected chi connectivity index (χ4v) is 1.96. The van der Waals surface area contributed by atoms with E-state index >= 15 is 0 Å². The van der Waals surface area contributed by atoms with E-state index in [1.54, 1.807) is 19.1 Å². The lowest BCUT2D eigenvalue weighted by atomic mass is 9.99. The zero-order valence-corrected chi connectivity index (χ0v) is 10.5. The SMILES string of the molecule is CCOC(=O)c1cccc(CCC=O)c1CCl. The molecule has 0 N–H and O–H groups in total. The number of carbonyl (C=O) groups is 2. The van der Waals surface area contributed by atoms with Crippen molar-refractivity contribution in [2.75, 3.05) is 6.61 Å². The van der Waals surface area contributed by atoms with E-state index in [9.17, 15) is 9.59 Å². The molecule has 92 valence electrons. The van der Waals surface area contributed by atoms with Gasteiger partial charge in [0, 0.05) is 12.3 Å². The van der Waals surface area contributed by atoms with Crippen LogP contribution in [0.1, 0.15) is 34.8 Å². The minimum absolute atomic E-state index is 0.239. The Kier molecular flexibility index (Phi) is 5.70. The number of hydrogen-bond acceptors (Lipinski definition) is 3. The third-order valence-corrected chi connectivity index (χ3v) is 2.70. The highest BCUT2D eigenvalue weighted by atomic mass is 35.5. The monoisotopic (exact) mass is 254 g/mol. The number of hydrogen-bond donors (Lipinski definition) is 0. The molecule has 0 unspecified atom stereocenters. The van der Waals surface area contributed by atoms with E-state index in [1.807, 2.05) is 6.07 Å². The first-order valence-electron chi connectivity index (χ1n) is 5.52. The molecule has 1 rings (SSSR count). The number of esters is 1. The van der Waals surface area contributed by atoms with Crippen molar-refractivity contribution in [1.82, 2.24) is 0 Å². The Labute approximate surface area is 106 Å². The molecule has 0 aliphatic heterocycles. The Morgan fingerprint density at radius 3 is 2.82 bits per heavy atom. The summed E-state index contributed by atoms with van der Waals surface area (Å²) in [6.07, 6.45) is 1.88. The van der Waals surface area contributed by atoms with E-state index in [0.717, 1.165) is 17.4 Å². The Hall–Kier alpha value is -1.35. The molecule has 0 saturated carbocycles. The lowest BCUT2D eigenvalue weighted by Gasteiger charge is -2.11. The highest BCUT2D eigenvalue weighted by Gasteiger charge is 2.14. The summed E-state index contributed by atoms with van der Waals surface area (Å²) in [6, 6.07) is 5.35. The largest absolute Gasteiger partial charge is 0.462 e.